The van der Waals surface area contributed by atoms with Crippen molar-refractivity contribution in [2.45, 2.75) is 40.4 Å². The van der Waals surface area contributed by atoms with Gasteiger partial charge < -0.3 is 20.0 Å². The van der Waals surface area contributed by atoms with Gasteiger partial charge in [-0.3, -0.25) is 14.6 Å². The van der Waals surface area contributed by atoms with E-state index in [1.807, 2.05) is 50.0 Å². The first kappa shape index (κ1) is 28.1. The molecule has 2 heterocycles. The highest BCUT2D eigenvalue weighted by Gasteiger charge is 2.27. The van der Waals surface area contributed by atoms with Gasteiger partial charge in [-0.05, 0) is 55.3 Å². The highest BCUT2D eigenvalue weighted by Crippen LogP contribution is 2.27. The van der Waals surface area contributed by atoms with E-state index in [1.54, 1.807) is 23.0 Å². The van der Waals surface area contributed by atoms with E-state index in [0.717, 1.165) is 17.8 Å². The summed E-state index contributed by atoms with van der Waals surface area (Å²) in [7, 11) is 1.77. The molecule has 39 heavy (non-hydrogen) atoms. The fourth-order valence-electron chi connectivity index (χ4n) is 4.64. The summed E-state index contributed by atoms with van der Waals surface area (Å²) in [5.41, 5.74) is 4.62. The zero-order valence-electron chi connectivity index (χ0n) is 23.1. The number of nitrogens with zero attached hydrogens (tertiary/aromatic N) is 5. The number of carbonyl (C=O) groups is 2. The molecule has 0 saturated heterocycles. The summed E-state index contributed by atoms with van der Waals surface area (Å²) in [5, 5.41) is 14.0. The number of hydrogen-bond acceptors (Lipinski definition) is 8. The number of aromatic nitrogens is 2. The summed E-state index contributed by atoms with van der Waals surface area (Å²) in [4.78, 5) is 40.0. The third kappa shape index (κ3) is 6.73. The lowest BCUT2D eigenvalue weighted by Crippen LogP contribution is -2.48. The van der Waals surface area contributed by atoms with Gasteiger partial charge in [-0.1, -0.05) is 31.2 Å². The molecule has 2 N–H and O–H groups in total. The summed E-state index contributed by atoms with van der Waals surface area (Å²) in [6.07, 6.45) is 0. The maximum Gasteiger partial charge on any atom is 0.437 e. The van der Waals surface area contributed by atoms with Crippen molar-refractivity contribution in [3.8, 4) is 11.5 Å². The van der Waals surface area contributed by atoms with Crippen LogP contribution < -0.4 is 21.3 Å². The van der Waals surface area contributed by atoms with Crippen LogP contribution in [0, 0.1) is 6.92 Å². The number of carbonyl (C=O) groups excluding carboxylic acids is 2. The standard InChI is InChI=1S/C28H37N7O4/c1-5-29-13-14-30-25(36)18-33(19-26(37)32(4)34-16-22-9-7-8-10-23(22)17-34)24-12-11-21(15-20(24)3)27-31-35(6-2)28(38)39-27/h7-12,15,29H,5-6,13-14,16-19H2,1-4H3,(H,30,36). The molecule has 1 aliphatic rings. The maximum atomic E-state index is 13.5. The van der Waals surface area contributed by atoms with E-state index in [9.17, 15) is 14.4 Å². The van der Waals surface area contributed by atoms with Gasteiger partial charge in [-0.15, -0.1) is 5.10 Å². The number of hydrazine groups is 1. The van der Waals surface area contributed by atoms with Crippen molar-refractivity contribution < 1.29 is 14.0 Å². The van der Waals surface area contributed by atoms with Crippen molar-refractivity contribution in [2.24, 2.45) is 0 Å². The largest absolute Gasteiger partial charge is 0.437 e. The Hall–Kier alpha value is -3.96. The second-order valence-electron chi connectivity index (χ2n) is 9.56. The first-order valence-electron chi connectivity index (χ1n) is 13.3. The zero-order valence-corrected chi connectivity index (χ0v) is 23.1. The van der Waals surface area contributed by atoms with E-state index in [0.29, 0.717) is 38.3 Å². The van der Waals surface area contributed by atoms with Crippen LogP contribution >= 0.6 is 0 Å². The van der Waals surface area contributed by atoms with E-state index in [-0.39, 0.29) is 30.8 Å². The molecule has 0 bridgehead atoms. The summed E-state index contributed by atoms with van der Waals surface area (Å²) in [6, 6.07) is 13.6. The monoisotopic (exact) mass is 535 g/mol. The average Bonchev–Trinajstić information content (AvgIpc) is 3.53. The Balaban J connectivity index is 1.52. The SMILES string of the molecule is CCNCCNC(=O)CN(CC(=O)N(C)N1Cc2ccccc2C1)c1ccc(-c2nn(CC)c(=O)o2)cc1C. The molecule has 1 aliphatic heterocycles. The van der Waals surface area contributed by atoms with Crippen LogP contribution in [0.2, 0.25) is 0 Å². The molecule has 3 aromatic rings. The maximum absolute atomic E-state index is 13.5. The quantitative estimate of drug-likeness (QED) is 0.337. The second-order valence-corrected chi connectivity index (χ2v) is 9.56. The van der Waals surface area contributed by atoms with Gasteiger partial charge in [0, 0.05) is 51.0 Å². The molecule has 0 radical (unpaired) electrons. The van der Waals surface area contributed by atoms with Gasteiger partial charge in [0.1, 0.15) is 0 Å². The molecule has 4 rings (SSSR count). The van der Waals surface area contributed by atoms with Crippen LogP contribution in [0.4, 0.5) is 5.69 Å². The number of amides is 2. The number of aryl methyl sites for hydroxylation is 2. The van der Waals surface area contributed by atoms with Gasteiger partial charge in [-0.25, -0.2) is 9.80 Å². The van der Waals surface area contributed by atoms with Gasteiger partial charge in [0.05, 0.1) is 13.1 Å². The molecule has 11 nitrogen and oxygen atoms in total. The zero-order chi connectivity index (χ0) is 27.9. The normalized spacial score (nSPS) is 12.8. The van der Waals surface area contributed by atoms with Crippen LogP contribution in [0.25, 0.3) is 11.5 Å². The van der Waals surface area contributed by atoms with Gasteiger partial charge >= 0.3 is 5.76 Å². The molecule has 0 atom stereocenters. The van der Waals surface area contributed by atoms with E-state index < -0.39 is 5.76 Å². The smallest absolute Gasteiger partial charge is 0.388 e. The molecule has 0 aliphatic carbocycles. The van der Waals surface area contributed by atoms with Crippen LogP contribution in [0.1, 0.15) is 30.5 Å². The summed E-state index contributed by atoms with van der Waals surface area (Å²) < 4.78 is 6.56. The molecule has 1 aromatic heterocycles. The molecular weight excluding hydrogens is 498 g/mol. The van der Waals surface area contributed by atoms with E-state index in [1.165, 1.54) is 15.8 Å². The first-order chi connectivity index (χ1) is 18.8. The number of fused-ring (bicyclic) bond motifs is 1. The van der Waals surface area contributed by atoms with Crippen molar-refractivity contribution in [3.63, 3.8) is 0 Å². The molecule has 11 heteroatoms. The summed E-state index contributed by atoms with van der Waals surface area (Å²) in [5.74, 6) is -0.580. The Bertz CT molecular complexity index is 1340. The van der Waals surface area contributed by atoms with Gasteiger partial charge in [0.25, 0.3) is 5.91 Å². The molecule has 2 aromatic carbocycles. The van der Waals surface area contributed by atoms with E-state index in [2.05, 4.69) is 27.9 Å². The van der Waals surface area contributed by atoms with Crippen molar-refractivity contribution in [2.75, 3.05) is 44.7 Å². The molecule has 2 amide bonds. The fraction of sp³-hybridized carbons (Fsp3) is 0.429. The minimum atomic E-state index is -0.511. The lowest BCUT2D eigenvalue weighted by Gasteiger charge is -2.32. The predicted molar refractivity (Wildman–Crippen MR) is 149 cm³/mol. The van der Waals surface area contributed by atoms with Crippen molar-refractivity contribution in [1.29, 1.82) is 0 Å². The van der Waals surface area contributed by atoms with Crippen LogP contribution in [0.15, 0.2) is 51.7 Å². The van der Waals surface area contributed by atoms with Crippen molar-refractivity contribution in [3.05, 3.63) is 69.7 Å². The first-order valence-corrected chi connectivity index (χ1v) is 13.3. The Morgan fingerprint density at radius 1 is 1.05 bits per heavy atom. The Kier molecular flexibility index (Phi) is 9.15. The van der Waals surface area contributed by atoms with Gasteiger partial charge in [0.15, 0.2) is 0 Å². The number of nitrogens with one attached hydrogen (secondary N) is 2. The van der Waals surface area contributed by atoms with Gasteiger partial charge in [0.2, 0.25) is 11.8 Å². The Morgan fingerprint density at radius 3 is 2.38 bits per heavy atom. The highest BCUT2D eigenvalue weighted by molar-refractivity contribution is 5.87. The second kappa shape index (κ2) is 12.7. The van der Waals surface area contributed by atoms with Crippen molar-refractivity contribution >= 4 is 17.5 Å². The van der Waals surface area contributed by atoms with Crippen LogP contribution in [0.5, 0.6) is 0 Å². The number of hydrogen-bond donors (Lipinski definition) is 2. The minimum absolute atomic E-state index is 0.0176. The third-order valence-electron chi connectivity index (χ3n) is 6.83. The lowest BCUT2D eigenvalue weighted by molar-refractivity contribution is -0.145. The van der Waals surface area contributed by atoms with Crippen LogP contribution in [-0.4, -0.2) is 71.4 Å². The van der Waals surface area contributed by atoms with E-state index in [4.69, 9.17) is 4.42 Å². The number of benzene rings is 2. The molecule has 0 spiro atoms. The van der Waals surface area contributed by atoms with E-state index >= 15 is 0 Å². The summed E-state index contributed by atoms with van der Waals surface area (Å²) >= 11 is 0. The van der Waals surface area contributed by atoms with Crippen molar-refractivity contribution in [1.82, 2.24) is 30.4 Å². The molecular formula is C28H37N7O4. The minimum Gasteiger partial charge on any atom is -0.388 e. The predicted octanol–water partition coefficient (Wildman–Crippen LogP) is 1.75. The van der Waals surface area contributed by atoms with Gasteiger partial charge in [-0.2, -0.15) is 4.68 Å². The number of rotatable bonds is 12. The Labute approximate surface area is 228 Å². The molecule has 208 valence electrons. The third-order valence-corrected chi connectivity index (χ3v) is 6.83. The molecule has 0 fully saturated rings. The molecule has 0 saturated carbocycles. The summed E-state index contributed by atoms with van der Waals surface area (Å²) in [6.45, 7) is 9.48. The number of anilines is 1. The highest BCUT2D eigenvalue weighted by atomic mass is 16.4. The molecule has 0 unspecified atom stereocenters. The lowest BCUT2D eigenvalue weighted by atomic mass is 10.1. The topological polar surface area (TPSA) is 116 Å². The van der Waals surface area contributed by atoms with Crippen LogP contribution in [0.3, 0.4) is 0 Å². The fourth-order valence-corrected chi connectivity index (χ4v) is 4.64. The average molecular weight is 536 g/mol. The Morgan fingerprint density at radius 2 is 1.77 bits per heavy atom. The van der Waals surface area contributed by atoms with Crippen LogP contribution in [-0.2, 0) is 29.2 Å². The number of likely N-dealkylation sites (N-methyl/N-ethyl adjacent to an activating group) is 2.